The number of carbonyl (C=O) groups is 2. The number of aryl methyl sites for hydroxylation is 1. The molecule has 6 heteroatoms. The highest BCUT2D eigenvalue weighted by molar-refractivity contribution is 6.35. The average molecular weight is 308 g/mol. The van der Waals surface area contributed by atoms with Gasteiger partial charge < -0.3 is 14.4 Å². The van der Waals surface area contributed by atoms with Crippen LogP contribution in [0.1, 0.15) is 29.0 Å². The zero-order chi connectivity index (χ0) is 15.1. The molecule has 110 valence electrons. The molecule has 1 aromatic carbocycles. The molecule has 1 saturated carbocycles. The summed E-state index contributed by atoms with van der Waals surface area (Å²) in [7, 11) is 0. The summed E-state index contributed by atoms with van der Waals surface area (Å²) in [5.41, 5.74) is 1.15. The van der Waals surface area contributed by atoms with Crippen molar-refractivity contribution in [3.05, 3.63) is 34.5 Å². The lowest BCUT2D eigenvalue weighted by molar-refractivity contribution is -0.137. The number of hydrogen-bond acceptors (Lipinski definition) is 3. The molecule has 3 rings (SSSR count). The summed E-state index contributed by atoms with van der Waals surface area (Å²) in [5, 5.41) is 10.2. The predicted octanol–water partition coefficient (Wildman–Crippen LogP) is 3.08. The van der Waals surface area contributed by atoms with Gasteiger partial charge in [-0.2, -0.15) is 0 Å². The van der Waals surface area contributed by atoms with Crippen LogP contribution < -0.4 is 0 Å². The molecule has 0 aliphatic heterocycles. The number of para-hydroxylation sites is 1. The lowest BCUT2D eigenvalue weighted by Crippen LogP contribution is -2.37. The fourth-order valence-corrected chi connectivity index (χ4v) is 2.66. The number of carboxylic acid groups (broad SMARTS) is 1. The van der Waals surface area contributed by atoms with E-state index in [0.717, 1.165) is 18.2 Å². The summed E-state index contributed by atoms with van der Waals surface area (Å²) < 4.78 is 5.62. The molecular formula is C15H14ClNO4. The summed E-state index contributed by atoms with van der Waals surface area (Å²) in [6.45, 7) is 1.47. The first-order valence-corrected chi connectivity index (χ1v) is 7.07. The molecule has 1 aromatic heterocycles. The van der Waals surface area contributed by atoms with Gasteiger partial charge in [0.05, 0.1) is 5.02 Å². The lowest BCUT2D eigenvalue weighted by atomic mass is 10.1. The third-order valence-electron chi connectivity index (χ3n) is 3.66. The minimum atomic E-state index is -1.03. The van der Waals surface area contributed by atoms with E-state index in [1.807, 2.05) is 6.07 Å². The van der Waals surface area contributed by atoms with Crippen molar-refractivity contribution in [3.8, 4) is 0 Å². The van der Waals surface area contributed by atoms with Crippen LogP contribution in [0.4, 0.5) is 0 Å². The molecule has 1 N–H and O–H groups in total. The van der Waals surface area contributed by atoms with Crippen molar-refractivity contribution in [1.82, 2.24) is 4.90 Å². The SMILES string of the molecule is Cc1c(C(=O)N(CC(=O)O)C2CC2)oc2c(Cl)cccc12. The van der Waals surface area contributed by atoms with Crippen LogP contribution in [0.5, 0.6) is 0 Å². The summed E-state index contributed by atoms with van der Waals surface area (Å²) in [4.78, 5) is 24.9. The van der Waals surface area contributed by atoms with Crippen molar-refractivity contribution < 1.29 is 19.1 Å². The first kappa shape index (κ1) is 13.9. The first-order chi connectivity index (χ1) is 9.99. The van der Waals surface area contributed by atoms with E-state index in [9.17, 15) is 9.59 Å². The molecule has 1 aliphatic carbocycles. The summed E-state index contributed by atoms with van der Waals surface area (Å²) >= 11 is 6.07. The monoisotopic (exact) mass is 307 g/mol. The number of carbonyl (C=O) groups excluding carboxylic acids is 1. The fourth-order valence-electron chi connectivity index (χ4n) is 2.44. The predicted molar refractivity (Wildman–Crippen MR) is 77.7 cm³/mol. The Balaban J connectivity index is 2.02. The smallest absolute Gasteiger partial charge is 0.323 e. The molecule has 0 atom stereocenters. The van der Waals surface area contributed by atoms with Gasteiger partial charge in [0.2, 0.25) is 0 Å². The Morgan fingerprint density at radius 3 is 2.71 bits per heavy atom. The van der Waals surface area contributed by atoms with Crippen molar-refractivity contribution in [2.45, 2.75) is 25.8 Å². The number of hydrogen-bond donors (Lipinski definition) is 1. The van der Waals surface area contributed by atoms with E-state index in [1.54, 1.807) is 19.1 Å². The largest absolute Gasteiger partial charge is 0.480 e. The van der Waals surface area contributed by atoms with Crippen LogP contribution in [0, 0.1) is 6.92 Å². The van der Waals surface area contributed by atoms with Crippen molar-refractivity contribution in [2.24, 2.45) is 0 Å². The number of furan rings is 1. The number of rotatable bonds is 4. The molecule has 2 aromatic rings. The maximum Gasteiger partial charge on any atom is 0.323 e. The lowest BCUT2D eigenvalue weighted by Gasteiger charge is -2.19. The number of amides is 1. The van der Waals surface area contributed by atoms with E-state index in [4.69, 9.17) is 21.1 Å². The van der Waals surface area contributed by atoms with Gasteiger partial charge in [-0.25, -0.2) is 0 Å². The zero-order valence-electron chi connectivity index (χ0n) is 11.4. The average Bonchev–Trinajstić information content (AvgIpc) is 3.21. The third kappa shape index (κ3) is 2.49. The minimum Gasteiger partial charge on any atom is -0.480 e. The topological polar surface area (TPSA) is 70.8 Å². The minimum absolute atomic E-state index is 0.00307. The number of fused-ring (bicyclic) bond motifs is 1. The van der Waals surface area contributed by atoms with Gasteiger partial charge in [0.25, 0.3) is 5.91 Å². The highest BCUT2D eigenvalue weighted by Gasteiger charge is 2.36. The maximum atomic E-state index is 12.6. The maximum absolute atomic E-state index is 12.6. The van der Waals surface area contributed by atoms with E-state index in [-0.39, 0.29) is 24.3 Å². The normalized spacial score (nSPS) is 14.4. The molecule has 1 amide bonds. The Hall–Kier alpha value is -2.01. The number of carboxylic acids is 1. The van der Waals surface area contributed by atoms with E-state index in [2.05, 4.69) is 0 Å². The van der Waals surface area contributed by atoms with Crippen LogP contribution >= 0.6 is 11.6 Å². The van der Waals surface area contributed by atoms with E-state index < -0.39 is 5.97 Å². The fraction of sp³-hybridized carbons (Fsp3) is 0.333. The number of benzene rings is 1. The number of aliphatic carboxylic acids is 1. The van der Waals surface area contributed by atoms with Gasteiger partial charge in [-0.1, -0.05) is 23.7 Å². The molecule has 5 nitrogen and oxygen atoms in total. The molecule has 0 saturated heterocycles. The zero-order valence-corrected chi connectivity index (χ0v) is 12.2. The van der Waals surface area contributed by atoms with Gasteiger partial charge in [-0.3, -0.25) is 9.59 Å². The second-order valence-electron chi connectivity index (χ2n) is 5.23. The van der Waals surface area contributed by atoms with Gasteiger partial charge in [-0.05, 0) is 25.8 Å². The molecule has 1 aliphatic rings. The van der Waals surface area contributed by atoms with Crippen LogP contribution in [-0.4, -0.2) is 34.5 Å². The van der Waals surface area contributed by atoms with Crippen molar-refractivity contribution >= 4 is 34.4 Å². The molecule has 0 spiro atoms. The third-order valence-corrected chi connectivity index (χ3v) is 3.96. The van der Waals surface area contributed by atoms with Gasteiger partial charge in [-0.15, -0.1) is 0 Å². The second kappa shape index (κ2) is 5.07. The van der Waals surface area contributed by atoms with Crippen LogP contribution in [0.15, 0.2) is 22.6 Å². The molecule has 1 fully saturated rings. The second-order valence-corrected chi connectivity index (χ2v) is 5.64. The highest BCUT2D eigenvalue weighted by atomic mass is 35.5. The van der Waals surface area contributed by atoms with Gasteiger partial charge in [0.15, 0.2) is 11.3 Å². The Morgan fingerprint density at radius 1 is 1.43 bits per heavy atom. The quantitative estimate of drug-likeness (QED) is 0.942. The van der Waals surface area contributed by atoms with Crippen LogP contribution in [0.2, 0.25) is 5.02 Å². The first-order valence-electron chi connectivity index (χ1n) is 6.69. The highest BCUT2D eigenvalue weighted by Crippen LogP contribution is 2.34. The molecule has 0 radical (unpaired) electrons. The van der Waals surface area contributed by atoms with Crippen LogP contribution in [-0.2, 0) is 4.79 Å². The Labute approximate surface area is 126 Å². The molecule has 1 heterocycles. The Kier molecular flexibility index (Phi) is 3.37. The summed E-state index contributed by atoms with van der Waals surface area (Å²) in [5.74, 6) is -1.24. The van der Waals surface area contributed by atoms with Crippen LogP contribution in [0.3, 0.4) is 0 Å². The van der Waals surface area contributed by atoms with E-state index >= 15 is 0 Å². The van der Waals surface area contributed by atoms with Gasteiger partial charge in [0, 0.05) is 17.0 Å². The molecular weight excluding hydrogens is 294 g/mol. The number of nitrogens with zero attached hydrogens (tertiary/aromatic N) is 1. The summed E-state index contributed by atoms with van der Waals surface area (Å²) in [6, 6.07) is 5.31. The number of halogens is 1. The molecule has 21 heavy (non-hydrogen) atoms. The van der Waals surface area contributed by atoms with Gasteiger partial charge in [0.1, 0.15) is 6.54 Å². The molecule has 0 unspecified atom stereocenters. The van der Waals surface area contributed by atoms with Gasteiger partial charge >= 0.3 is 5.97 Å². The Bertz CT molecular complexity index is 733. The van der Waals surface area contributed by atoms with Crippen molar-refractivity contribution in [1.29, 1.82) is 0 Å². The van der Waals surface area contributed by atoms with E-state index in [0.29, 0.717) is 16.2 Å². The molecule has 0 bridgehead atoms. The van der Waals surface area contributed by atoms with E-state index in [1.165, 1.54) is 4.90 Å². The Morgan fingerprint density at radius 2 is 2.14 bits per heavy atom. The van der Waals surface area contributed by atoms with Crippen molar-refractivity contribution in [2.75, 3.05) is 6.54 Å². The van der Waals surface area contributed by atoms with Crippen LogP contribution in [0.25, 0.3) is 11.0 Å². The summed E-state index contributed by atoms with van der Waals surface area (Å²) in [6.07, 6.45) is 1.66. The standard InChI is InChI=1S/C15H14ClNO4/c1-8-10-3-2-4-11(16)14(10)21-13(8)15(20)17(7-12(18)19)9-5-6-9/h2-4,9H,5-7H2,1H3,(H,18,19). The van der Waals surface area contributed by atoms with Crippen molar-refractivity contribution in [3.63, 3.8) is 0 Å².